The maximum Gasteiger partial charge on any atom is 0.0961 e. The van der Waals surface area contributed by atoms with Crippen molar-refractivity contribution in [2.75, 3.05) is 0 Å². The minimum absolute atomic E-state index is 0.112. The second-order valence-electron chi connectivity index (χ2n) is 9.77. The normalized spacial score (nSPS) is 55.2. The summed E-state index contributed by atoms with van der Waals surface area (Å²) in [5, 5.41) is 31.6. The number of allylic oxidation sites excluding steroid dienone is 2. The van der Waals surface area contributed by atoms with Gasteiger partial charge in [-0.2, -0.15) is 0 Å². The first-order valence-corrected chi connectivity index (χ1v) is 10.0. The van der Waals surface area contributed by atoms with Crippen molar-refractivity contribution in [3.63, 3.8) is 0 Å². The molecule has 0 amide bonds. The third-order valence-corrected chi connectivity index (χ3v) is 8.96. The van der Waals surface area contributed by atoms with Gasteiger partial charge in [-0.1, -0.05) is 25.5 Å². The van der Waals surface area contributed by atoms with Crippen molar-refractivity contribution in [2.45, 2.75) is 89.9 Å². The van der Waals surface area contributed by atoms with E-state index < -0.39 is 11.7 Å². The molecule has 0 spiro atoms. The minimum atomic E-state index is -0.940. The molecular formula is C21H34O3. The molecule has 3 fully saturated rings. The first kappa shape index (κ1) is 17.1. The van der Waals surface area contributed by atoms with Crippen LogP contribution in [0.15, 0.2) is 11.6 Å². The summed E-state index contributed by atoms with van der Waals surface area (Å²) in [6.45, 7) is 6.43. The standard InChI is InChI=1S/C21H34O3/c1-13(22)21(24)11-8-18-16-5-4-14-12-15(23)6-9-19(14,2)17(16)7-10-20(18,21)3/h5,13-15,17-18,22-24H,4,6-12H2,1-3H3/t13-,14?,15-,17-,18-,19-,20-,21-/m0/s1. The number of fused-ring (bicyclic) bond motifs is 5. The van der Waals surface area contributed by atoms with Gasteiger partial charge in [0.05, 0.1) is 17.8 Å². The van der Waals surface area contributed by atoms with Crippen LogP contribution in [0, 0.1) is 28.6 Å². The van der Waals surface area contributed by atoms with Crippen LogP contribution >= 0.6 is 0 Å². The van der Waals surface area contributed by atoms with E-state index in [0.29, 0.717) is 23.2 Å². The van der Waals surface area contributed by atoms with Gasteiger partial charge in [0.1, 0.15) is 0 Å². The molecule has 1 unspecified atom stereocenters. The van der Waals surface area contributed by atoms with Gasteiger partial charge < -0.3 is 15.3 Å². The quantitative estimate of drug-likeness (QED) is 0.644. The predicted octanol–water partition coefficient (Wildman–Crippen LogP) is 3.42. The summed E-state index contributed by atoms with van der Waals surface area (Å²) in [6, 6.07) is 0. The molecule has 0 aromatic carbocycles. The molecule has 0 radical (unpaired) electrons. The SMILES string of the molecule is C[C@H](O)[C@@]1(O)CC[C@H]2C3=CCC4C[C@@H](O)CC[C@]4(C)[C@H]3CC[C@@]21C. The van der Waals surface area contributed by atoms with Crippen LogP contribution in [0.1, 0.15) is 72.1 Å². The lowest BCUT2D eigenvalue weighted by atomic mass is 9.47. The molecule has 0 aromatic heterocycles. The molecule has 0 aliphatic heterocycles. The zero-order valence-electron chi connectivity index (χ0n) is 15.5. The van der Waals surface area contributed by atoms with E-state index in [9.17, 15) is 15.3 Å². The van der Waals surface area contributed by atoms with Gasteiger partial charge in [-0.15, -0.1) is 0 Å². The van der Waals surface area contributed by atoms with Crippen LogP contribution in [0.25, 0.3) is 0 Å². The second kappa shape index (κ2) is 5.31. The fourth-order valence-electron chi connectivity index (χ4n) is 7.23. The lowest BCUT2D eigenvalue weighted by Crippen LogP contribution is -2.56. The number of rotatable bonds is 1. The summed E-state index contributed by atoms with van der Waals surface area (Å²) in [4.78, 5) is 0. The van der Waals surface area contributed by atoms with Crippen molar-refractivity contribution in [1.82, 2.24) is 0 Å². The van der Waals surface area contributed by atoms with Crippen LogP contribution in [0.5, 0.6) is 0 Å². The molecular weight excluding hydrogens is 300 g/mol. The number of aliphatic hydroxyl groups excluding tert-OH is 2. The summed E-state index contributed by atoms with van der Waals surface area (Å²) in [7, 11) is 0. The first-order valence-electron chi connectivity index (χ1n) is 10.0. The van der Waals surface area contributed by atoms with Gasteiger partial charge in [-0.3, -0.25) is 0 Å². The number of hydrogen-bond acceptors (Lipinski definition) is 3. The highest BCUT2D eigenvalue weighted by atomic mass is 16.3. The van der Waals surface area contributed by atoms with E-state index in [1.807, 2.05) is 0 Å². The van der Waals surface area contributed by atoms with E-state index in [1.165, 1.54) is 0 Å². The smallest absolute Gasteiger partial charge is 0.0961 e. The van der Waals surface area contributed by atoms with Gasteiger partial charge in [-0.25, -0.2) is 0 Å². The molecule has 3 saturated carbocycles. The molecule has 0 aromatic rings. The molecule has 3 nitrogen and oxygen atoms in total. The first-order chi connectivity index (χ1) is 11.2. The molecule has 0 heterocycles. The zero-order valence-corrected chi connectivity index (χ0v) is 15.5. The highest BCUT2D eigenvalue weighted by Crippen LogP contribution is 2.67. The van der Waals surface area contributed by atoms with Crippen molar-refractivity contribution < 1.29 is 15.3 Å². The van der Waals surface area contributed by atoms with Crippen LogP contribution in [-0.4, -0.2) is 33.1 Å². The molecule has 4 rings (SSSR count). The summed E-state index contributed by atoms with van der Waals surface area (Å²) >= 11 is 0. The van der Waals surface area contributed by atoms with E-state index in [-0.39, 0.29) is 11.5 Å². The van der Waals surface area contributed by atoms with Crippen molar-refractivity contribution >= 4 is 0 Å². The summed E-state index contributed by atoms with van der Waals surface area (Å²) < 4.78 is 0. The molecule has 3 N–H and O–H groups in total. The van der Waals surface area contributed by atoms with Crippen LogP contribution < -0.4 is 0 Å². The Morgan fingerprint density at radius 1 is 1.08 bits per heavy atom. The van der Waals surface area contributed by atoms with Crippen LogP contribution in [0.2, 0.25) is 0 Å². The molecule has 24 heavy (non-hydrogen) atoms. The van der Waals surface area contributed by atoms with Gasteiger partial charge in [0.25, 0.3) is 0 Å². The number of aliphatic hydroxyl groups is 3. The summed E-state index contributed by atoms with van der Waals surface area (Å²) in [5.74, 6) is 1.63. The highest BCUT2D eigenvalue weighted by Gasteiger charge is 2.64. The Balaban J connectivity index is 1.69. The Morgan fingerprint density at radius 3 is 2.50 bits per heavy atom. The average molecular weight is 335 g/mol. The molecule has 4 aliphatic rings. The minimum Gasteiger partial charge on any atom is -0.393 e. The van der Waals surface area contributed by atoms with Crippen LogP contribution in [0.3, 0.4) is 0 Å². The molecule has 136 valence electrons. The van der Waals surface area contributed by atoms with Gasteiger partial charge in [0, 0.05) is 5.41 Å². The fourth-order valence-corrected chi connectivity index (χ4v) is 7.23. The Hall–Kier alpha value is -0.380. The van der Waals surface area contributed by atoms with E-state index in [2.05, 4.69) is 19.9 Å². The number of hydrogen-bond donors (Lipinski definition) is 3. The van der Waals surface area contributed by atoms with Crippen molar-refractivity contribution in [2.24, 2.45) is 28.6 Å². The third kappa shape index (κ3) is 2.01. The molecule has 4 aliphatic carbocycles. The van der Waals surface area contributed by atoms with Gasteiger partial charge in [0.15, 0.2) is 0 Å². The second-order valence-corrected chi connectivity index (χ2v) is 9.77. The van der Waals surface area contributed by atoms with Crippen LogP contribution in [-0.2, 0) is 0 Å². The lowest BCUT2D eigenvalue weighted by Gasteiger charge is -2.58. The molecule has 3 heteroatoms. The predicted molar refractivity (Wildman–Crippen MR) is 94.3 cm³/mol. The molecule has 0 saturated heterocycles. The Bertz CT molecular complexity index is 555. The van der Waals surface area contributed by atoms with Crippen molar-refractivity contribution in [3.05, 3.63) is 11.6 Å². The van der Waals surface area contributed by atoms with Crippen molar-refractivity contribution in [1.29, 1.82) is 0 Å². The maximum atomic E-state index is 11.2. The third-order valence-electron chi connectivity index (χ3n) is 8.96. The molecule has 8 atom stereocenters. The van der Waals surface area contributed by atoms with Crippen LogP contribution in [0.4, 0.5) is 0 Å². The van der Waals surface area contributed by atoms with E-state index >= 15 is 0 Å². The summed E-state index contributed by atoms with van der Waals surface area (Å²) in [5.41, 5.74) is 0.761. The molecule has 0 bridgehead atoms. The van der Waals surface area contributed by atoms with E-state index in [1.54, 1.807) is 12.5 Å². The van der Waals surface area contributed by atoms with Gasteiger partial charge in [-0.05, 0) is 81.5 Å². The van der Waals surface area contributed by atoms with Gasteiger partial charge in [0.2, 0.25) is 0 Å². The Labute approximate surface area is 146 Å². The average Bonchev–Trinajstić information content (AvgIpc) is 2.81. The van der Waals surface area contributed by atoms with Crippen molar-refractivity contribution in [3.8, 4) is 0 Å². The van der Waals surface area contributed by atoms with Gasteiger partial charge >= 0.3 is 0 Å². The zero-order chi connectivity index (χ0) is 17.3. The van der Waals surface area contributed by atoms with E-state index in [0.717, 1.165) is 51.4 Å². The summed E-state index contributed by atoms with van der Waals surface area (Å²) in [6.07, 6.45) is 9.64. The Morgan fingerprint density at radius 2 is 1.79 bits per heavy atom. The largest absolute Gasteiger partial charge is 0.393 e. The van der Waals surface area contributed by atoms with E-state index in [4.69, 9.17) is 0 Å². The Kier molecular flexibility index (Phi) is 3.77. The lowest BCUT2D eigenvalue weighted by molar-refractivity contribution is -0.152. The topological polar surface area (TPSA) is 60.7 Å². The maximum absolute atomic E-state index is 11.2. The highest BCUT2D eigenvalue weighted by molar-refractivity contribution is 5.30. The fraction of sp³-hybridized carbons (Fsp3) is 0.905. The monoisotopic (exact) mass is 334 g/mol.